The number of rotatable bonds is 1. The molecule has 6 heteroatoms. The number of allylic oxidation sites excluding steroid dienone is 1. The summed E-state index contributed by atoms with van der Waals surface area (Å²) in [6.45, 7) is 5.53. The minimum absolute atomic E-state index is 0.0197. The van der Waals surface area contributed by atoms with E-state index in [4.69, 9.17) is 4.42 Å². The number of amides is 1. The van der Waals surface area contributed by atoms with Crippen LogP contribution in [0.3, 0.4) is 0 Å². The Labute approximate surface area is 157 Å². The summed E-state index contributed by atoms with van der Waals surface area (Å²) in [7, 11) is 0. The van der Waals surface area contributed by atoms with Gasteiger partial charge in [0.15, 0.2) is 5.78 Å². The number of nitrogens with zero attached hydrogens (tertiary/aromatic N) is 1. The number of anilines is 2. The average molecular weight is 366 g/mol. The van der Waals surface area contributed by atoms with E-state index in [9.17, 15) is 14.7 Å². The molecule has 2 aromatic rings. The zero-order valence-electron chi connectivity index (χ0n) is 15.6. The van der Waals surface area contributed by atoms with E-state index in [1.165, 1.54) is 18.1 Å². The van der Waals surface area contributed by atoms with Crippen LogP contribution in [0, 0.1) is 5.41 Å². The molecule has 0 bridgehead atoms. The zero-order valence-corrected chi connectivity index (χ0v) is 15.6. The van der Waals surface area contributed by atoms with E-state index >= 15 is 0 Å². The molecule has 6 nitrogen and oxygen atoms in total. The van der Waals surface area contributed by atoms with Crippen LogP contribution in [0.1, 0.15) is 45.4 Å². The molecule has 1 atom stereocenters. The first-order valence-corrected chi connectivity index (χ1v) is 8.97. The number of hydrogen-bond acceptors (Lipinski definition) is 5. The molecule has 2 aliphatic rings. The maximum atomic E-state index is 13.2. The lowest BCUT2D eigenvalue weighted by molar-refractivity contribution is -0.118. The molecule has 2 N–H and O–H groups in total. The number of fused-ring (bicyclic) bond motifs is 1. The minimum Gasteiger partial charge on any atom is -0.506 e. The minimum atomic E-state index is -0.674. The highest BCUT2D eigenvalue weighted by Gasteiger charge is 2.44. The second-order valence-electron chi connectivity index (χ2n) is 7.94. The molecule has 4 rings (SSSR count). The summed E-state index contributed by atoms with van der Waals surface area (Å²) >= 11 is 0. The van der Waals surface area contributed by atoms with Crippen LogP contribution in [0.4, 0.5) is 11.4 Å². The second kappa shape index (κ2) is 6.01. The molecule has 0 spiro atoms. The highest BCUT2D eigenvalue weighted by molar-refractivity contribution is 6.06. The first-order valence-electron chi connectivity index (χ1n) is 8.97. The number of ketones is 1. The van der Waals surface area contributed by atoms with Gasteiger partial charge in [0.2, 0.25) is 5.91 Å². The first kappa shape index (κ1) is 17.4. The van der Waals surface area contributed by atoms with E-state index in [-0.39, 0.29) is 22.9 Å². The van der Waals surface area contributed by atoms with Gasteiger partial charge in [0.1, 0.15) is 23.2 Å². The number of nitrogens with one attached hydrogen (secondary N) is 1. The van der Waals surface area contributed by atoms with Gasteiger partial charge in [-0.1, -0.05) is 19.9 Å². The van der Waals surface area contributed by atoms with Crippen molar-refractivity contribution < 1.29 is 19.1 Å². The fourth-order valence-corrected chi connectivity index (χ4v) is 4.11. The number of furan rings is 1. The Bertz CT molecular complexity index is 957. The molecule has 1 aromatic carbocycles. The van der Waals surface area contributed by atoms with Gasteiger partial charge in [0, 0.05) is 24.6 Å². The number of carbonyl (C=O) groups is 2. The normalized spacial score (nSPS) is 21.2. The third-order valence-electron chi connectivity index (χ3n) is 5.16. The number of carbonyl (C=O) groups excluding carboxylic acids is 2. The zero-order chi connectivity index (χ0) is 19.3. The number of hydrogen-bond donors (Lipinski definition) is 2. The quantitative estimate of drug-likeness (QED) is 0.741. The Morgan fingerprint density at radius 1 is 1.26 bits per heavy atom. The van der Waals surface area contributed by atoms with Gasteiger partial charge in [-0.05, 0) is 36.1 Å². The monoisotopic (exact) mass is 366 g/mol. The molecule has 0 saturated heterocycles. The second-order valence-corrected chi connectivity index (χ2v) is 7.94. The highest BCUT2D eigenvalue weighted by Crippen LogP contribution is 2.50. The van der Waals surface area contributed by atoms with Crippen molar-refractivity contribution in [3.8, 4) is 5.75 Å². The van der Waals surface area contributed by atoms with Crippen LogP contribution < -0.4 is 10.2 Å². The van der Waals surface area contributed by atoms with Gasteiger partial charge in [-0.15, -0.1) is 0 Å². The van der Waals surface area contributed by atoms with E-state index in [2.05, 4.69) is 5.32 Å². The molecular formula is C21H22N2O4. The Kier molecular flexibility index (Phi) is 3.87. The van der Waals surface area contributed by atoms with Crippen molar-refractivity contribution in [2.75, 3.05) is 10.2 Å². The van der Waals surface area contributed by atoms with Gasteiger partial charge in [-0.2, -0.15) is 0 Å². The third kappa shape index (κ3) is 2.81. The van der Waals surface area contributed by atoms with Gasteiger partial charge in [0.25, 0.3) is 0 Å². The predicted octanol–water partition coefficient (Wildman–Crippen LogP) is 4.15. The van der Waals surface area contributed by atoms with Crippen LogP contribution in [0.25, 0.3) is 0 Å². The summed E-state index contributed by atoms with van der Waals surface area (Å²) in [6, 6.07) is 7.84. The van der Waals surface area contributed by atoms with E-state index < -0.39 is 6.04 Å². The Morgan fingerprint density at radius 3 is 2.70 bits per heavy atom. The van der Waals surface area contributed by atoms with Crippen molar-refractivity contribution in [3.05, 3.63) is 53.6 Å². The summed E-state index contributed by atoms with van der Waals surface area (Å²) in [5.74, 6) is 0.287. The SMILES string of the molecule is CC(=O)N1c2cccc(O)c2NC2=C(C(=O)CC(C)(C)C2)C1c1ccco1. The molecule has 27 heavy (non-hydrogen) atoms. The van der Waals surface area contributed by atoms with Gasteiger partial charge < -0.3 is 14.8 Å². The topological polar surface area (TPSA) is 82.8 Å². The van der Waals surface area contributed by atoms with Crippen molar-refractivity contribution in [2.24, 2.45) is 5.41 Å². The van der Waals surface area contributed by atoms with Gasteiger partial charge in [-0.3, -0.25) is 14.5 Å². The van der Waals surface area contributed by atoms with Crippen molar-refractivity contribution in [3.63, 3.8) is 0 Å². The third-order valence-corrected chi connectivity index (χ3v) is 5.16. The summed E-state index contributed by atoms with van der Waals surface area (Å²) in [5, 5.41) is 13.7. The van der Waals surface area contributed by atoms with Crippen LogP contribution >= 0.6 is 0 Å². The highest BCUT2D eigenvalue weighted by atomic mass is 16.3. The maximum Gasteiger partial charge on any atom is 0.224 e. The fraction of sp³-hybridized carbons (Fsp3) is 0.333. The van der Waals surface area contributed by atoms with Gasteiger partial charge in [-0.25, -0.2) is 0 Å². The maximum absolute atomic E-state index is 13.2. The molecule has 2 heterocycles. The van der Waals surface area contributed by atoms with Crippen LogP contribution in [-0.2, 0) is 9.59 Å². The lowest BCUT2D eigenvalue weighted by Gasteiger charge is -2.35. The van der Waals surface area contributed by atoms with Crippen molar-refractivity contribution >= 4 is 23.1 Å². The number of benzene rings is 1. The van der Waals surface area contributed by atoms with Gasteiger partial charge in [0.05, 0.1) is 12.0 Å². The van der Waals surface area contributed by atoms with E-state index in [0.29, 0.717) is 35.5 Å². The standard InChI is InChI=1S/C21H22N2O4/c1-12(24)23-14-6-4-7-15(25)19(14)22-13-10-21(2,3)11-16(26)18(13)20(23)17-8-5-9-27-17/h4-9,20,22,25H,10-11H2,1-3H3. The number of para-hydroxylation sites is 1. The van der Waals surface area contributed by atoms with Crippen molar-refractivity contribution in [2.45, 2.75) is 39.7 Å². The van der Waals surface area contributed by atoms with E-state index in [0.717, 1.165) is 5.70 Å². The predicted molar refractivity (Wildman–Crippen MR) is 101 cm³/mol. The largest absolute Gasteiger partial charge is 0.506 e. The number of phenolic OH excluding ortho intramolecular Hbond substituents is 1. The number of phenols is 1. The summed E-state index contributed by atoms with van der Waals surface area (Å²) < 4.78 is 5.63. The Morgan fingerprint density at radius 2 is 2.04 bits per heavy atom. The van der Waals surface area contributed by atoms with Crippen molar-refractivity contribution in [1.82, 2.24) is 0 Å². The molecule has 1 aliphatic heterocycles. The molecule has 0 radical (unpaired) electrons. The van der Waals surface area contributed by atoms with Crippen LogP contribution in [0.5, 0.6) is 5.75 Å². The summed E-state index contributed by atoms with van der Waals surface area (Å²) in [4.78, 5) is 27.4. The first-order chi connectivity index (χ1) is 12.8. The number of aromatic hydroxyl groups is 1. The summed E-state index contributed by atoms with van der Waals surface area (Å²) in [6.07, 6.45) is 2.55. The smallest absolute Gasteiger partial charge is 0.224 e. The lowest BCUT2D eigenvalue weighted by Crippen LogP contribution is -2.38. The van der Waals surface area contributed by atoms with E-state index in [1.807, 2.05) is 13.8 Å². The molecule has 0 saturated carbocycles. The Hall–Kier alpha value is -3.02. The molecule has 1 unspecified atom stereocenters. The molecular weight excluding hydrogens is 344 g/mol. The van der Waals surface area contributed by atoms with Crippen LogP contribution in [-0.4, -0.2) is 16.8 Å². The molecule has 1 aliphatic carbocycles. The molecule has 1 amide bonds. The summed E-state index contributed by atoms with van der Waals surface area (Å²) in [5.41, 5.74) is 1.98. The number of Topliss-reactive ketones (excluding diaryl/α,β-unsaturated/α-hetero) is 1. The molecule has 140 valence electrons. The average Bonchev–Trinajstić information content (AvgIpc) is 3.04. The molecule has 1 aromatic heterocycles. The van der Waals surface area contributed by atoms with Crippen LogP contribution in [0.15, 0.2) is 52.3 Å². The van der Waals surface area contributed by atoms with Crippen molar-refractivity contribution in [1.29, 1.82) is 0 Å². The Balaban J connectivity index is 2.03. The van der Waals surface area contributed by atoms with E-state index in [1.54, 1.807) is 30.3 Å². The van der Waals surface area contributed by atoms with Gasteiger partial charge >= 0.3 is 0 Å². The van der Waals surface area contributed by atoms with Crippen LogP contribution in [0.2, 0.25) is 0 Å². The fourth-order valence-electron chi connectivity index (χ4n) is 4.11. The lowest BCUT2D eigenvalue weighted by atomic mass is 9.74. The molecule has 0 fully saturated rings.